The molecule has 108 valence electrons. The molecule has 1 fully saturated rings. The normalized spacial score (nSPS) is 22.3. The molecule has 0 amide bonds. The Morgan fingerprint density at radius 1 is 1.37 bits per heavy atom. The number of hydrogen-bond acceptors (Lipinski definition) is 6. The van der Waals surface area contributed by atoms with Crippen molar-refractivity contribution in [3.8, 4) is 0 Å². The van der Waals surface area contributed by atoms with E-state index in [0.717, 1.165) is 31.9 Å². The lowest BCUT2D eigenvalue weighted by atomic mass is 10.1. The second-order valence-electron chi connectivity index (χ2n) is 5.74. The molecule has 1 unspecified atom stereocenters. The summed E-state index contributed by atoms with van der Waals surface area (Å²) in [5.41, 5.74) is 0. The average Bonchev–Trinajstić information content (AvgIpc) is 2.79. The van der Waals surface area contributed by atoms with Crippen LogP contribution in [0.3, 0.4) is 0 Å². The molecule has 19 heavy (non-hydrogen) atoms. The van der Waals surface area contributed by atoms with Crippen molar-refractivity contribution >= 4 is 0 Å². The molecule has 0 bridgehead atoms. The Labute approximate surface area is 115 Å². The molecule has 0 radical (unpaired) electrons. The zero-order chi connectivity index (χ0) is 13.8. The molecule has 1 aliphatic heterocycles. The van der Waals surface area contributed by atoms with Crippen LogP contribution in [0.2, 0.25) is 0 Å². The maximum atomic E-state index is 5.26. The van der Waals surface area contributed by atoms with Crippen molar-refractivity contribution in [3.63, 3.8) is 0 Å². The number of nitrogens with one attached hydrogen (secondary N) is 1. The maximum Gasteiger partial charge on any atom is 0.240 e. The minimum Gasteiger partial charge on any atom is -0.338 e. The van der Waals surface area contributed by atoms with E-state index in [4.69, 9.17) is 4.52 Å². The molecule has 6 nitrogen and oxygen atoms in total. The number of aromatic nitrogens is 2. The number of nitrogens with zero attached hydrogens (tertiary/aromatic N) is 4. The number of rotatable bonds is 5. The molecule has 0 saturated carbocycles. The van der Waals surface area contributed by atoms with Crippen LogP contribution in [0.5, 0.6) is 0 Å². The highest BCUT2D eigenvalue weighted by Crippen LogP contribution is 2.11. The van der Waals surface area contributed by atoms with Gasteiger partial charge in [0, 0.05) is 38.1 Å². The van der Waals surface area contributed by atoms with Gasteiger partial charge in [0.1, 0.15) is 0 Å². The van der Waals surface area contributed by atoms with Gasteiger partial charge in [-0.05, 0) is 14.1 Å². The quantitative estimate of drug-likeness (QED) is 0.831. The molecule has 2 rings (SSSR count). The Kier molecular flexibility index (Phi) is 4.90. The lowest BCUT2D eigenvalue weighted by Crippen LogP contribution is -2.50. The van der Waals surface area contributed by atoms with E-state index in [1.165, 1.54) is 0 Å². The van der Waals surface area contributed by atoms with Crippen molar-refractivity contribution in [1.29, 1.82) is 0 Å². The molecule has 1 aromatic rings. The van der Waals surface area contributed by atoms with Crippen molar-refractivity contribution in [2.45, 2.75) is 38.9 Å². The summed E-state index contributed by atoms with van der Waals surface area (Å²) < 4.78 is 5.26. The van der Waals surface area contributed by atoms with Crippen molar-refractivity contribution in [2.75, 3.05) is 33.7 Å². The third kappa shape index (κ3) is 4.26. The molecule has 0 spiro atoms. The summed E-state index contributed by atoms with van der Waals surface area (Å²) in [6.07, 6.45) is 0.853. The van der Waals surface area contributed by atoms with Gasteiger partial charge < -0.3 is 19.6 Å². The van der Waals surface area contributed by atoms with Gasteiger partial charge in [0.15, 0.2) is 5.82 Å². The Bertz CT molecular complexity index is 392. The highest BCUT2D eigenvalue weighted by molar-refractivity contribution is 4.93. The molecule has 1 aliphatic rings. The number of piperazine rings is 1. The van der Waals surface area contributed by atoms with E-state index in [-0.39, 0.29) is 0 Å². The summed E-state index contributed by atoms with van der Waals surface area (Å²) in [5, 5.41) is 7.36. The highest BCUT2D eigenvalue weighted by atomic mass is 16.5. The summed E-state index contributed by atoms with van der Waals surface area (Å²) in [6, 6.07) is 0.899. The van der Waals surface area contributed by atoms with Crippen LogP contribution in [0.15, 0.2) is 4.52 Å². The highest BCUT2D eigenvalue weighted by Gasteiger charge is 2.24. The van der Waals surface area contributed by atoms with Crippen LogP contribution in [0.4, 0.5) is 0 Å². The monoisotopic (exact) mass is 267 g/mol. The van der Waals surface area contributed by atoms with Gasteiger partial charge in [-0.3, -0.25) is 0 Å². The molecule has 2 heterocycles. The van der Waals surface area contributed by atoms with Gasteiger partial charge in [-0.1, -0.05) is 19.0 Å². The maximum absolute atomic E-state index is 5.26. The lowest BCUT2D eigenvalue weighted by molar-refractivity contribution is 0.113. The zero-order valence-electron chi connectivity index (χ0n) is 12.4. The first kappa shape index (κ1) is 14.4. The predicted molar refractivity (Wildman–Crippen MR) is 73.9 cm³/mol. The first-order valence-electron chi connectivity index (χ1n) is 6.98. The van der Waals surface area contributed by atoms with E-state index >= 15 is 0 Å². The van der Waals surface area contributed by atoms with Crippen LogP contribution in [-0.2, 0) is 13.0 Å². The van der Waals surface area contributed by atoms with Gasteiger partial charge in [-0.25, -0.2) is 0 Å². The van der Waals surface area contributed by atoms with Gasteiger partial charge in [-0.2, -0.15) is 4.98 Å². The second-order valence-corrected chi connectivity index (χ2v) is 5.74. The van der Waals surface area contributed by atoms with E-state index in [1.807, 2.05) is 0 Å². The summed E-state index contributed by atoms with van der Waals surface area (Å²) in [7, 11) is 4.33. The summed E-state index contributed by atoms with van der Waals surface area (Å²) in [5.74, 6) is 1.49. The van der Waals surface area contributed by atoms with Gasteiger partial charge in [-0.15, -0.1) is 0 Å². The standard InChI is InChI=1S/C13H25N5O/c1-10(2)14-8-13-15-12(16-19-13)7-11-9-17(3)5-6-18(11)4/h10-11,14H,5-9H2,1-4H3. The molecule has 1 N–H and O–H groups in total. The minimum atomic E-state index is 0.425. The van der Waals surface area contributed by atoms with Crippen LogP contribution < -0.4 is 5.32 Å². The zero-order valence-corrected chi connectivity index (χ0v) is 12.4. The SMILES string of the molecule is CC(C)NCc1nc(CC2CN(C)CCN2C)no1. The van der Waals surface area contributed by atoms with Crippen LogP contribution in [-0.4, -0.2) is 65.8 Å². The predicted octanol–water partition coefficient (Wildman–Crippen LogP) is 0.356. The molecule has 1 atom stereocenters. The Hall–Kier alpha value is -0.980. The van der Waals surface area contributed by atoms with Crippen LogP contribution in [0.25, 0.3) is 0 Å². The van der Waals surface area contributed by atoms with Crippen molar-refractivity contribution in [1.82, 2.24) is 25.3 Å². The minimum absolute atomic E-state index is 0.425. The lowest BCUT2D eigenvalue weighted by Gasteiger charge is -2.37. The van der Waals surface area contributed by atoms with Crippen molar-refractivity contribution in [3.05, 3.63) is 11.7 Å². The Morgan fingerprint density at radius 3 is 2.89 bits per heavy atom. The van der Waals surface area contributed by atoms with E-state index in [9.17, 15) is 0 Å². The molecule has 1 saturated heterocycles. The molecule has 0 aliphatic carbocycles. The Morgan fingerprint density at radius 2 is 2.16 bits per heavy atom. The number of hydrogen-bond donors (Lipinski definition) is 1. The van der Waals surface area contributed by atoms with Gasteiger partial charge in [0.2, 0.25) is 5.89 Å². The first-order valence-corrected chi connectivity index (χ1v) is 6.98. The smallest absolute Gasteiger partial charge is 0.240 e. The van der Waals surface area contributed by atoms with Crippen molar-refractivity contribution < 1.29 is 4.52 Å². The summed E-state index contributed by atoms with van der Waals surface area (Å²) >= 11 is 0. The fraction of sp³-hybridized carbons (Fsp3) is 0.846. The fourth-order valence-corrected chi connectivity index (χ4v) is 2.27. The molecular formula is C13H25N5O. The topological polar surface area (TPSA) is 57.4 Å². The third-order valence-electron chi connectivity index (χ3n) is 3.57. The number of likely N-dealkylation sites (N-methyl/N-ethyl adjacent to an activating group) is 2. The van der Waals surface area contributed by atoms with Crippen LogP contribution >= 0.6 is 0 Å². The molecule has 0 aromatic carbocycles. The molecule has 6 heteroatoms. The second kappa shape index (κ2) is 6.45. The largest absolute Gasteiger partial charge is 0.338 e. The molecular weight excluding hydrogens is 242 g/mol. The van der Waals surface area contributed by atoms with Crippen LogP contribution in [0.1, 0.15) is 25.6 Å². The van der Waals surface area contributed by atoms with E-state index in [0.29, 0.717) is 24.5 Å². The van der Waals surface area contributed by atoms with Gasteiger partial charge in [0.05, 0.1) is 6.54 Å². The fourth-order valence-electron chi connectivity index (χ4n) is 2.27. The van der Waals surface area contributed by atoms with Crippen LogP contribution in [0, 0.1) is 0 Å². The third-order valence-corrected chi connectivity index (χ3v) is 3.57. The van der Waals surface area contributed by atoms with Gasteiger partial charge in [0.25, 0.3) is 0 Å². The first-order chi connectivity index (χ1) is 9.04. The Balaban J connectivity index is 1.88. The van der Waals surface area contributed by atoms with Crippen molar-refractivity contribution in [2.24, 2.45) is 0 Å². The molecule has 1 aromatic heterocycles. The average molecular weight is 267 g/mol. The summed E-state index contributed by atoms with van der Waals surface area (Å²) in [4.78, 5) is 9.18. The van der Waals surface area contributed by atoms with E-state index in [1.54, 1.807) is 0 Å². The van der Waals surface area contributed by atoms with Gasteiger partial charge >= 0.3 is 0 Å². The van der Waals surface area contributed by atoms with E-state index in [2.05, 4.69) is 53.2 Å². The summed E-state index contributed by atoms with van der Waals surface area (Å²) in [6.45, 7) is 8.13. The van der Waals surface area contributed by atoms with E-state index < -0.39 is 0 Å².